The summed E-state index contributed by atoms with van der Waals surface area (Å²) in [5.74, 6) is 0. The molecule has 0 amide bonds. The molecule has 0 aromatic heterocycles. The number of hydrogen-bond donors (Lipinski definition) is 0. The van der Waals surface area contributed by atoms with E-state index >= 15 is 0 Å². The number of allylic oxidation sites excluding steroid dienone is 1. The van der Waals surface area contributed by atoms with Gasteiger partial charge in [-0.3, -0.25) is 0 Å². The van der Waals surface area contributed by atoms with Gasteiger partial charge in [0.05, 0.1) is 0 Å². The van der Waals surface area contributed by atoms with E-state index in [2.05, 4.69) is 17.3 Å². The molecule has 57 valence electrons. The molecule has 0 rings (SSSR count). The van der Waals surface area contributed by atoms with Crippen LogP contribution in [0.3, 0.4) is 0 Å². The first-order valence-corrected chi connectivity index (χ1v) is 2.64. The van der Waals surface area contributed by atoms with Crippen LogP contribution in [0.25, 0.3) is 0 Å². The van der Waals surface area contributed by atoms with Gasteiger partial charge in [0.2, 0.25) is 0 Å². The second-order valence-electron chi connectivity index (χ2n) is 1.57. The maximum absolute atomic E-state index is 3.89. The van der Waals surface area contributed by atoms with Crippen LogP contribution in [0.4, 0.5) is 0 Å². The molecule has 0 atom stereocenters. The van der Waals surface area contributed by atoms with Crippen LogP contribution in [0.1, 0.15) is 20.8 Å². The minimum absolute atomic E-state index is 0. The number of hydrogen-bond acceptors (Lipinski definition) is 1. The standard InChI is InChI=1S/C7H11N.CH3.2Y/c1-4-7(3)6-8-5-2;;;/h6H2,1-3H3;1H3;;/q-2;-1;;+3. The molecule has 0 aliphatic carbocycles. The zero-order valence-electron chi connectivity index (χ0n) is 7.81. The minimum Gasteiger partial charge on any atom is -0.502 e. The summed E-state index contributed by atoms with van der Waals surface area (Å²) >= 11 is 0. The molecule has 0 spiro atoms. The van der Waals surface area contributed by atoms with Crippen molar-refractivity contribution in [2.45, 2.75) is 20.8 Å². The van der Waals surface area contributed by atoms with Gasteiger partial charge in [0.25, 0.3) is 0 Å². The fourth-order valence-corrected chi connectivity index (χ4v) is 0.277. The molecule has 0 N–H and O–H groups in total. The summed E-state index contributed by atoms with van der Waals surface area (Å²) < 4.78 is 0. The molecular formula is C8H14NY2. The molecule has 0 aromatic carbocycles. The summed E-state index contributed by atoms with van der Waals surface area (Å²) in [5, 5.41) is 0. The summed E-state index contributed by atoms with van der Waals surface area (Å²) in [5.41, 5.74) is 1.17. The van der Waals surface area contributed by atoms with Crippen LogP contribution >= 0.6 is 0 Å². The molecule has 0 saturated carbocycles. The molecule has 0 fully saturated rings. The Morgan fingerprint density at radius 3 is 2.09 bits per heavy atom. The minimum atomic E-state index is 0. The van der Waals surface area contributed by atoms with Crippen molar-refractivity contribution in [2.75, 3.05) is 6.54 Å². The van der Waals surface area contributed by atoms with Crippen LogP contribution in [0.5, 0.6) is 0 Å². The van der Waals surface area contributed by atoms with E-state index in [0.717, 1.165) is 6.54 Å². The largest absolute Gasteiger partial charge is 3.00 e. The monoisotopic (exact) mass is 302 g/mol. The van der Waals surface area contributed by atoms with Crippen LogP contribution in [0, 0.1) is 13.5 Å². The molecule has 0 aliphatic rings. The molecule has 0 heterocycles. The average Bonchev–Trinajstić information content (AvgIpc) is 1.83. The van der Waals surface area contributed by atoms with Crippen molar-refractivity contribution in [2.24, 2.45) is 4.99 Å². The van der Waals surface area contributed by atoms with Gasteiger partial charge < -0.3 is 24.7 Å². The molecule has 0 aromatic rings. The molecule has 0 saturated heterocycles. The number of nitrogens with zero attached hydrogens (tertiary/aromatic N) is 1. The van der Waals surface area contributed by atoms with Gasteiger partial charge in [-0.15, -0.1) is 0 Å². The molecule has 0 unspecified atom stereocenters. The Kier molecular flexibility index (Phi) is 36.8. The van der Waals surface area contributed by atoms with Crippen LogP contribution in [0.2, 0.25) is 0 Å². The van der Waals surface area contributed by atoms with E-state index in [4.69, 9.17) is 0 Å². The first-order chi connectivity index (χ1) is 3.81. The molecule has 11 heavy (non-hydrogen) atoms. The average molecular weight is 302 g/mol. The third-order valence-corrected chi connectivity index (χ3v) is 0.901. The quantitative estimate of drug-likeness (QED) is 0.547. The van der Waals surface area contributed by atoms with E-state index in [1.54, 1.807) is 6.92 Å². The van der Waals surface area contributed by atoms with E-state index in [-0.39, 0.29) is 72.8 Å². The van der Waals surface area contributed by atoms with Gasteiger partial charge in [-0.05, 0) is 6.54 Å². The Hall–Kier alpha value is 1.62. The number of aliphatic imine (C=N–C) groups is 1. The Balaban J connectivity index is -0.0000000817. The van der Waals surface area contributed by atoms with Gasteiger partial charge in [-0.2, -0.15) is 13.8 Å². The van der Waals surface area contributed by atoms with E-state index in [0.29, 0.717) is 0 Å². The fourth-order valence-electron chi connectivity index (χ4n) is 0.277. The topological polar surface area (TPSA) is 12.4 Å². The van der Waals surface area contributed by atoms with E-state index in [1.165, 1.54) is 5.57 Å². The van der Waals surface area contributed by atoms with E-state index in [9.17, 15) is 0 Å². The second kappa shape index (κ2) is 17.6. The Morgan fingerprint density at radius 2 is 1.82 bits per heavy atom. The van der Waals surface area contributed by atoms with Crippen molar-refractivity contribution < 1.29 is 65.4 Å². The van der Waals surface area contributed by atoms with Crippen molar-refractivity contribution in [3.05, 3.63) is 19.1 Å². The first kappa shape index (κ1) is 22.9. The zero-order chi connectivity index (χ0) is 6.41. The predicted molar refractivity (Wildman–Crippen MR) is 42.5 cm³/mol. The molecule has 0 aliphatic heterocycles. The third kappa shape index (κ3) is 18.5. The summed E-state index contributed by atoms with van der Waals surface area (Å²) in [4.78, 5) is 3.89. The van der Waals surface area contributed by atoms with Crippen LogP contribution in [-0.4, -0.2) is 12.8 Å². The molecule has 1 radical (unpaired) electrons. The van der Waals surface area contributed by atoms with Crippen LogP contribution in [-0.2, 0) is 65.4 Å². The molecule has 0 bridgehead atoms. The van der Waals surface area contributed by atoms with E-state index < -0.39 is 0 Å². The Bertz CT molecular complexity index is 109. The summed E-state index contributed by atoms with van der Waals surface area (Å²) in [6.07, 6.45) is 5.68. The van der Waals surface area contributed by atoms with E-state index in [1.807, 2.05) is 13.8 Å². The zero-order valence-corrected chi connectivity index (χ0v) is 13.5. The van der Waals surface area contributed by atoms with Gasteiger partial charge >= 0.3 is 32.7 Å². The second-order valence-corrected chi connectivity index (χ2v) is 1.57. The van der Waals surface area contributed by atoms with Crippen LogP contribution in [0.15, 0.2) is 10.6 Å². The van der Waals surface area contributed by atoms with Gasteiger partial charge in [0.1, 0.15) is 0 Å². The van der Waals surface area contributed by atoms with Crippen molar-refractivity contribution in [3.63, 3.8) is 0 Å². The van der Waals surface area contributed by atoms with Crippen LogP contribution < -0.4 is 0 Å². The first-order valence-electron chi connectivity index (χ1n) is 2.64. The SMILES string of the molecule is C[C-]=NCC(C)=[C-]C.[CH3-].[Y+3].[Y]. The smallest absolute Gasteiger partial charge is 0.502 e. The van der Waals surface area contributed by atoms with Crippen molar-refractivity contribution >= 4 is 6.21 Å². The normalized spacial score (nSPS) is 9.55. The molecule has 3 heteroatoms. The molecule has 1 nitrogen and oxygen atoms in total. The third-order valence-electron chi connectivity index (χ3n) is 0.901. The number of rotatable bonds is 2. The van der Waals surface area contributed by atoms with Gasteiger partial charge in [-0.1, -0.05) is 6.92 Å². The van der Waals surface area contributed by atoms with Gasteiger partial charge in [-0.25, -0.2) is 5.57 Å². The van der Waals surface area contributed by atoms with Gasteiger partial charge in [0.15, 0.2) is 0 Å². The Labute approximate surface area is 121 Å². The molecular weight excluding hydrogens is 288 g/mol. The summed E-state index contributed by atoms with van der Waals surface area (Å²) in [6, 6.07) is 0. The maximum atomic E-state index is 3.89. The predicted octanol–water partition coefficient (Wildman–Crippen LogP) is 2.17. The summed E-state index contributed by atoms with van der Waals surface area (Å²) in [7, 11) is 0. The van der Waals surface area contributed by atoms with Crippen molar-refractivity contribution in [3.8, 4) is 0 Å². The van der Waals surface area contributed by atoms with Crippen molar-refractivity contribution in [1.29, 1.82) is 0 Å². The van der Waals surface area contributed by atoms with Gasteiger partial charge in [0, 0.05) is 32.7 Å². The maximum Gasteiger partial charge on any atom is 3.00 e. The van der Waals surface area contributed by atoms with Crippen molar-refractivity contribution in [1.82, 2.24) is 0 Å². The Morgan fingerprint density at radius 1 is 1.36 bits per heavy atom. The summed E-state index contributed by atoms with van der Waals surface area (Å²) in [6.45, 7) is 6.43. The fraction of sp³-hybridized carbons (Fsp3) is 0.500.